The van der Waals surface area contributed by atoms with Crippen LogP contribution >= 0.6 is 0 Å². The Balaban J connectivity index is 1.72. The van der Waals surface area contributed by atoms with Gasteiger partial charge in [-0.15, -0.1) is 0 Å². The lowest BCUT2D eigenvalue weighted by Crippen LogP contribution is -2.49. The van der Waals surface area contributed by atoms with Gasteiger partial charge < -0.3 is 15.4 Å². The molecule has 2 heterocycles. The van der Waals surface area contributed by atoms with Crippen LogP contribution in [0.2, 0.25) is 0 Å². The molecule has 2 fully saturated rings. The molecule has 1 amide bonds. The van der Waals surface area contributed by atoms with Crippen molar-refractivity contribution < 1.29 is 9.53 Å². The first kappa shape index (κ1) is 12.8. The van der Waals surface area contributed by atoms with E-state index in [-0.39, 0.29) is 11.9 Å². The molecule has 0 aromatic heterocycles. The summed E-state index contributed by atoms with van der Waals surface area (Å²) < 4.78 is 5.53. The normalized spacial score (nSPS) is 34.0. The topological polar surface area (TPSA) is 55.6 Å². The fraction of sp³-hybridized carbons (Fsp3) is 0.923. The standard InChI is InChI=1S/C13H24N2O2/c1-10-6-7-15(9-12(10)14)13(16)5-4-11-3-2-8-17-11/h10-12H,2-9,14H2,1H3. The zero-order valence-electron chi connectivity index (χ0n) is 10.7. The van der Waals surface area contributed by atoms with E-state index in [1.807, 2.05) is 4.90 Å². The number of hydrogen-bond donors (Lipinski definition) is 1. The Morgan fingerprint density at radius 2 is 2.29 bits per heavy atom. The second-order valence-corrected chi connectivity index (χ2v) is 5.44. The van der Waals surface area contributed by atoms with E-state index in [9.17, 15) is 4.79 Å². The molecule has 3 atom stereocenters. The van der Waals surface area contributed by atoms with Gasteiger partial charge in [-0.3, -0.25) is 4.79 Å². The number of nitrogens with two attached hydrogens (primary N) is 1. The summed E-state index contributed by atoms with van der Waals surface area (Å²) in [5, 5.41) is 0. The minimum Gasteiger partial charge on any atom is -0.378 e. The Hall–Kier alpha value is -0.610. The summed E-state index contributed by atoms with van der Waals surface area (Å²) in [5.74, 6) is 0.792. The molecule has 0 aromatic rings. The maximum absolute atomic E-state index is 12.0. The summed E-state index contributed by atoms with van der Waals surface area (Å²) in [5.41, 5.74) is 6.01. The van der Waals surface area contributed by atoms with Crippen molar-refractivity contribution in [2.75, 3.05) is 19.7 Å². The fourth-order valence-electron chi connectivity index (χ4n) is 2.64. The van der Waals surface area contributed by atoms with Crippen LogP contribution in [0.5, 0.6) is 0 Å². The molecule has 0 aromatic carbocycles. The molecule has 17 heavy (non-hydrogen) atoms. The van der Waals surface area contributed by atoms with Crippen LogP contribution in [0.25, 0.3) is 0 Å². The van der Waals surface area contributed by atoms with Gasteiger partial charge in [0.25, 0.3) is 0 Å². The highest BCUT2D eigenvalue weighted by atomic mass is 16.5. The van der Waals surface area contributed by atoms with Crippen molar-refractivity contribution in [2.45, 2.75) is 51.2 Å². The zero-order chi connectivity index (χ0) is 12.3. The smallest absolute Gasteiger partial charge is 0.222 e. The van der Waals surface area contributed by atoms with Crippen molar-refractivity contribution in [1.29, 1.82) is 0 Å². The Morgan fingerprint density at radius 1 is 1.47 bits per heavy atom. The van der Waals surface area contributed by atoms with E-state index in [2.05, 4.69) is 6.92 Å². The minimum atomic E-state index is 0.149. The minimum absolute atomic E-state index is 0.149. The zero-order valence-corrected chi connectivity index (χ0v) is 10.7. The second-order valence-electron chi connectivity index (χ2n) is 5.44. The highest BCUT2D eigenvalue weighted by Gasteiger charge is 2.26. The molecular formula is C13H24N2O2. The molecule has 0 spiro atoms. The number of carbonyl (C=O) groups is 1. The lowest BCUT2D eigenvalue weighted by Gasteiger charge is -2.35. The number of ether oxygens (including phenoxy) is 1. The second kappa shape index (κ2) is 5.83. The third kappa shape index (κ3) is 3.42. The lowest BCUT2D eigenvalue weighted by atomic mass is 9.94. The van der Waals surface area contributed by atoms with Crippen LogP contribution in [0.1, 0.15) is 39.0 Å². The maximum atomic E-state index is 12.0. The molecule has 4 heteroatoms. The predicted molar refractivity (Wildman–Crippen MR) is 66.5 cm³/mol. The van der Waals surface area contributed by atoms with E-state index in [4.69, 9.17) is 10.5 Å². The summed E-state index contributed by atoms with van der Waals surface area (Å²) in [4.78, 5) is 14.0. The molecule has 0 bridgehead atoms. The van der Waals surface area contributed by atoms with E-state index in [0.29, 0.717) is 18.4 Å². The van der Waals surface area contributed by atoms with Crippen molar-refractivity contribution in [1.82, 2.24) is 4.90 Å². The van der Waals surface area contributed by atoms with Gasteiger partial charge in [-0.05, 0) is 31.6 Å². The molecule has 2 saturated heterocycles. The first-order valence-electron chi connectivity index (χ1n) is 6.82. The summed E-state index contributed by atoms with van der Waals surface area (Å²) in [7, 11) is 0. The van der Waals surface area contributed by atoms with Crippen LogP contribution in [-0.4, -0.2) is 42.6 Å². The number of nitrogens with zero attached hydrogens (tertiary/aromatic N) is 1. The summed E-state index contributed by atoms with van der Waals surface area (Å²) in [6.07, 6.45) is 5.10. The molecule has 0 saturated carbocycles. The Morgan fingerprint density at radius 3 is 2.94 bits per heavy atom. The van der Waals surface area contributed by atoms with Gasteiger partial charge in [-0.2, -0.15) is 0 Å². The van der Waals surface area contributed by atoms with Crippen molar-refractivity contribution in [3.05, 3.63) is 0 Å². The molecule has 98 valence electrons. The molecule has 3 unspecified atom stereocenters. The van der Waals surface area contributed by atoms with Crippen LogP contribution in [0.3, 0.4) is 0 Å². The summed E-state index contributed by atoms with van der Waals surface area (Å²) >= 11 is 0. The van der Waals surface area contributed by atoms with Gasteiger partial charge >= 0.3 is 0 Å². The van der Waals surface area contributed by atoms with E-state index in [1.54, 1.807) is 0 Å². The van der Waals surface area contributed by atoms with Gasteiger partial charge in [0.15, 0.2) is 0 Å². The van der Waals surface area contributed by atoms with Crippen LogP contribution in [0.15, 0.2) is 0 Å². The predicted octanol–water partition coefficient (Wildman–Crippen LogP) is 1.14. The monoisotopic (exact) mass is 240 g/mol. The van der Waals surface area contributed by atoms with Gasteiger partial charge in [0, 0.05) is 32.2 Å². The molecule has 0 radical (unpaired) electrons. The quantitative estimate of drug-likeness (QED) is 0.805. The number of likely N-dealkylation sites (tertiary alicyclic amines) is 1. The number of rotatable bonds is 3. The van der Waals surface area contributed by atoms with Crippen LogP contribution in [0, 0.1) is 5.92 Å². The number of carbonyl (C=O) groups excluding carboxylic acids is 1. The third-order valence-corrected chi connectivity index (χ3v) is 4.07. The fourth-order valence-corrected chi connectivity index (χ4v) is 2.64. The molecular weight excluding hydrogens is 216 g/mol. The van der Waals surface area contributed by atoms with Crippen molar-refractivity contribution >= 4 is 5.91 Å². The average Bonchev–Trinajstić information content (AvgIpc) is 2.82. The van der Waals surface area contributed by atoms with Crippen LogP contribution in [0.4, 0.5) is 0 Å². The van der Waals surface area contributed by atoms with Crippen molar-refractivity contribution in [2.24, 2.45) is 11.7 Å². The number of amides is 1. The Kier molecular flexibility index (Phi) is 4.40. The highest BCUT2D eigenvalue weighted by molar-refractivity contribution is 5.76. The van der Waals surface area contributed by atoms with E-state index in [1.165, 1.54) is 0 Å². The molecule has 2 N–H and O–H groups in total. The highest BCUT2D eigenvalue weighted by Crippen LogP contribution is 2.20. The Bertz CT molecular complexity index is 264. The Labute approximate surface area is 103 Å². The first-order chi connectivity index (χ1) is 8.16. The third-order valence-electron chi connectivity index (χ3n) is 4.07. The van der Waals surface area contributed by atoms with E-state index >= 15 is 0 Å². The summed E-state index contributed by atoms with van der Waals surface area (Å²) in [6, 6.07) is 0.149. The molecule has 2 rings (SSSR count). The number of piperidine rings is 1. The van der Waals surface area contributed by atoms with Gasteiger partial charge in [-0.1, -0.05) is 6.92 Å². The van der Waals surface area contributed by atoms with E-state index < -0.39 is 0 Å². The summed E-state index contributed by atoms with van der Waals surface area (Å²) in [6.45, 7) is 4.63. The maximum Gasteiger partial charge on any atom is 0.222 e. The van der Waals surface area contributed by atoms with Crippen molar-refractivity contribution in [3.63, 3.8) is 0 Å². The number of hydrogen-bond acceptors (Lipinski definition) is 3. The van der Waals surface area contributed by atoms with Gasteiger partial charge in [0.2, 0.25) is 5.91 Å². The van der Waals surface area contributed by atoms with Gasteiger partial charge in [0.1, 0.15) is 0 Å². The molecule has 0 aliphatic carbocycles. The average molecular weight is 240 g/mol. The molecule has 4 nitrogen and oxygen atoms in total. The SMILES string of the molecule is CC1CCN(C(=O)CCC2CCCO2)CC1N. The van der Waals surface area contributed by atoms with Crippen molar-refractivity contribution in [3.8, 4) is 0 Å². The van der Waals surface area contributed by atoms with Crippen LogP contribution in [-0.2, 0) is 9.53 Å². The van der Waals surface area contributed by atoms with Crippen LogP contribution < -0.4 is 5.73 Å². The largest absolute Gasteiger partial charge is 0.378 e. The molecule has 2 aliphatic rings. The van der Waals surface area contributed by atoms with Gasteiger partial charge in [0.05, 0.1) is 6.10 Å². The van der Waals surface area contributed by atoms with Gasteiger partial charge in [-0.25, -0.2) is 0 Å². The first-order valence-corrected chi connectivity index (χ1v) is 6.82. The molecule has 2 aliphatic heterocycles. The lowest BCUT2D eigenvalue weighted by molar-refractivity contribution is -0.133. The van der Waals surface area contributed by atoms with E-state index in [0.717, 1.165) is 45.4 Å².